The molecule has 0 bridgehead atoms. The van der Waals surface area contributed by atoms with Gasteiger partial charge in [0.1, 0.15) is 6.61 Å². The summed E-state index contributed by atoms with van der Waals surface area (Å²) in [5, 5.41) is 1.24. The Morgan fingerprint density at radius 3 is 2.36 bits per heavy atom. The van der Waals surface area contributed by atoms with Crippen LogP contribution in [0.1, 0.15) is 25.5 Å². The molecule has 3 rings (SSSR count). The maximum atomic E-state index is 5.98. The Balaban J connectivity index is 1.91. The lowest BCUT2D eigenvalue weighted by Gasteiger charge is -2.10. The molecule has 3 heteroatoms. The molecule has 0 radical (unpaired) electrons. The Labute approximate surface area is 131 Å². The first-order valence-corrected chi connectivity index (χ1v) is 7.55. The van der Waals surface area contributed by atoms with E-state index in [-0.39, 0.29) is 0 Å². The van der Waals surface area contributed by atoms with Gasteiger partial charge < -0.3 is 14.0 Å². The minimum absolute atomic E-state index is 0.421. The van der Waals surface area contributed by atoms with Gasteiger partial charge in [0.05, 0.1) is 7.11 Å². The molecule has 2 aromatic carbocycles. The summed E-state index contributed by atoms with van der Waals surface area (Å²) in [7, 11) is 1.66. The molecule has 0 amide bonds. The van der Waals surface area contributed by atoms with Crippen LogP contribution in [-0.4, -0.2) is 11.7 Å². The number of methoxy groups -OCH3 is 1. The van der Waals surface area contributed by atoms with E-state index in [2.05, 4.69) is 48.9 Å². The van der Waals surface area contributed by atoms with Crippen molar-refractivity contribution in [3.05, 3.63) is 60.3 Å². The van der Waals surface area contributed by atoms with Crippen LogP contribution in [0.5, 0.6) is 11.5 Å². The van der Waals surface area contributed by atoms with Crippen LogP contribution in [0.15, 0.2) is 54.7 Å². The first-order chi connectivity index (χ1) is 10.7. The number of nitrogens with zero attached hydrogens (tertiary/aromatic N) is 1. The second kappa shape index (κ2) is 6.14. The smallest absolute Gasteiger partial charge is 0.161 e. The molecule has 0 spiro atoms. The van der Waals surface area contributed by atoms with Crippen molar-refractivity contribution in [2.45, 2.75) is 26.5 Å². The molecule has 0 aliphatic rings. The van der Waals surface area contributed by atoms with E-state index in [1.165, 1.54) is 16.5 Å². The number of hydrogen-bond donors (Lipinski definition) is 0. The summed E-state index contributed by atoms with van der Waals surface area (Å²) >= 11 is 0. The third-order valence-corrected chi connectivity index (χ3v) is 3.83. The van der Waals surface area contributed by atoms with Crippen molar-refractivity contribution in [2.24, 2.45) is 0 Å². The summed E-state index contributed by atoms with van der Waals surface area (Å²) in [6, 6.07) is 16.6. The highest BCUT2D eigenvalue weighted by Gasteiger charge is 2.11. The molecule has 0 N–H and O–H groups in total. The van der Waals surface area contributed by atoms with E-state index < -0.39 is 0 Å². The van der Waals surface area contributed by atoms with E-state index >= 15 is 0 Å². The molecule has 0 unspecified atom stereocenters. The van der Waals surface area contributed by atoms with Gasteiger partial charge >= 0.3 is 0 Å². The van der Waals surface area contributed by atoms with E-state index in [0.29, 0.717) is 12.6 Å². The zero-order valence-electron chi connectivity index (χ0n) is 13.2. The summed E-state index contributed by atoms with van der Waals surface area (Å²) in [4.78, 5) is 0. The third-order valence-electron chi connectivity index (χ3n) is 3.83. The molecule has 3 aromatic rings. The number of hydrogen-bond acceptors (Lipinski definition) is 2. The predicted molar refractivity (Wildman–Crippen MR) is 89.6 cm³/mol. The van der Waals surface area contributed by atoms with Crippen molar-refractivity contribution >= 4 is 10.9 Å². The molecule has 3 nitrogen and oxygen atoms in total. The number of para-hydroxylation sites is 3. The lowest BCUT2D eigenvalue weighted by molar-refractivity contribution is 0.285. The molecule has 0 aliphatic heterocycles. The maximum absolute atomic E-state index is 5.98. The molecule has 1 heterocycles. The number of fused-ring (bicyclic) bond motifs is 1. The fourth-order valence-corrected chi connectivity index (χ4v) is 2.71. The third kappa shape index (κ3) is 2.67. The van der Waals surface area contributed by atoms with Crippen molar-refractivity contribution < 1.29 is 9.47 Å². The van der Waals surface area contributed by atoms with Crippen LogP contribution in [-0.2, 0) is 6.61 Å². The average molecular weight is 295 g/mol. The molecule has 0 saturated heterocycles. The lowest BCUT2D eigenvalue weighted by Crippen LogP contribution is -1.99. The quantitative estimate of drug-likeness (QED) is 0.674. The number of ether oxygens (including phenoxy) is 2. The van der Waals surface area contributed by atoms with Crippen LogP contribution >= 0.6 is 0 Å². The standard InChI is InChI=1S/C19H21NO2/c1-14(2)20-12-15(16-8-4-5-9-17(16)20)13-22-19-11-7-6-10-18(19)21-3/h4-12,14H,13H2,1-3H3. The summed E-state index contributed by atoms with van der Waals surface area (Å²) in [6.07, 6.45) is 2.19. The first kappa shape index (κ1) is 14.5. The Morgan fingerprint density at radius 2 is 1.64 bits per heavy atom. The van der Waals surface area contributed by atoms with E-state index in [1.54, 1.807) is 7.11 Å². The van der Waals surface area contributed by atoms with Gasteiger partial charge in [0.25, 0.3) is 0 Å². The number of benzene rings is 2. The zero-order valence-corrected chi connectivity index (χ0v) is 13.2. The van der Waals surface area contributed by atoms with Crippen molar-refractivity contribution in [1.82, 2.24) is 4.57 Å². The largest absolute Gasteiger partial charge is 0.493 e. The van der Waals surface area contributed by atoms with E-state index in [1.807, 2.05) is 24.3 Å². The molecular weight excluding hydrogens is 274 g/mol. The Bertz CT molecular complexity index is 774. The van der Waals surface area contributed by atoms with E-state index in [4.69, 9.17) is 9.47 Å². The lowest BCUT2D eigenvalue weighted by atomic mass is 10.2. The summed E-state index contributed by atoms with van der Waals surface area (Å²) in [5.41, 5.74) is 2.44. The van der Waals surface area contributed by atoms with Gasteiger partial charge in [-0.15, -0.1) is 0 Å². The number of rotatable bonds is 5. The fourth-order valence-electron chi connectivity index (χ4n) is 2.71. The van der Waals surface area contributed by atoms with Gasteiger partial charge in [-0.25, -0.2) is 0 Å². The highest BCUT2D eigenvalue weighted by atomic mass is 16.5. The van der Waals surface area contributed by atoms with Crippen LogP contribution < -0.4 is 9.47 Å². The monoisotopic (exact) mass is 295 g/mol. The summed E-state index contributed by atoms with van der Waals surface area (Å²) < 4.78 is 13.6. The minimum atomic E-state index is 0.421. The van der Waals surface area contributed by atoms with Crippen molar-refractivity contribution in [1.29, 1.82) is 0 Å². The van der Waals surface area contributed by atoms with Gasteiger partial charge in [-0.1, -0.05) is 30.3 Å². The second-order valence-electron chi connectivity index (χ2n) is 5.61. The van der Waals surface area contributed by atoms with Crippen molar-refractivity contribution in [3.8, 4) is 11.5 Å². The average Bonchev–Trinajstić information content (AvgIpc) is 2.92. The SMILES string of the molecule is COc1ccccc1OCc1cn(C(C)C)c2ccccc12. The van der Waals surface area contributed by atoms with Crippen molar-refractivity contribution in [3.63, 3.8) is 0 Å². The van der Waals surface area contributed by atoms with Crippen LogP contribution in [0.3, 0.4) is 0 Å². The zero-order chi connectivity index (χ0) is 15.5. The van der Waals surface area contributed by atoms with Crippen molar-refractivity contribution in [2.75, 3.05) is 7.11 Å². The van der Waals surface area contributed by atoms with Gasteiger partial charge in [-0.05, 0) is 32.0 Å². The topological polar surface area (TPSA) is 23.4 Å². The molecule has 1 aromatic heterocycles. The summed E-state index contributed by atoms with van der Waals surface area (Å²) in [5.74, 6) is 1.53. The van der Waals surface area contributed by atoms with Gasteiger partial charge in [0, 0.05) is 28.7 Å². The molecule has 22 heavy (non-hydrogen) atoms. The van der Waals surface area contributed by atoms with E-state index in [9.17, 15) is 0 Å². The van der Waals surface area contributed by atoms with E-state index in [0.717, 1.165) is 11.5 Å². The minimum Gasteiger partial charge on any atom is -0.493 e. The first-order valence-electron chi connectivity index (χ1n) is 7.55. The molecule has 0 saturated carbocycles. The van der Waals surface area contributed by atoms with Crippen LogP contribution in [0.2, 0.25) is 0 Å². The number of aromatic nitrogens is 1. The van der Waals surface area contributed by atoms with Crippen LogP contribution in [0.4, 0.5) is 0 Å². The molecule has 0 aliphatic carbocycles. The summed E-state index contributed by atoms with van der Waals surface area (Å²) in [6.45, 7) is 4.91. The Morgan fingerprint density at radius 1 is 0.955 bits per heavy atom. The predicted octanol–water partition coefficient (Wildman–Crippen LogP) is 4.81. The highest BCUT2D eigenvalue weighted by Crippen LogP contribution is 2.29. The van der Waals surface area contributed by atoms with Gasteiger partial charge in [0.2, 0.25) is 0 Å². The highest BCUT2D eigenvalue weighted by molar-refractivity contribution is 5.84. The van der Waals surface area contributed by atoms with Crippen LogP contribution in [0, 0.1) is 0 Å². The fraction of sp³-hybridized carbons (Fsp3) is 0.263. The second-order valence-corrected chi connectivity index (χ2v) is 5.61. The molecule has 0 atom stereocenters. The normalized spacial score (nSPS) is 11.1. The molecule has 114 valence electrons. The Hall–Kier alpha value is -2.42. The van der Waals surface area contributed by atoms with Gasteiger partial charge in [0.15, 0.2) is 11.5 Å². The Kier molecular flexibility index (Phi) is 4.05. The van der Waals surface area contributed by atoms with Gasteiger partial charge in [-0.2, -0.15) is 0 Å². The molecule has 0 fully saturated rings. The maximum Gasteiger partial charge on any atom is 0.161 e. The molecular formula is C19H21NO2. The van der Waals surface area contributed by atoms with Gasteiger partial charge in [-0.3, -0.25) is 0 Å². The van der Waals surface area contributed by atoms with Crippen LogP contribution in [0.25, 0.3) is 10.9 Å².